The summed E-state index contributed by atoms with van der Waals surface area (Å²) in [6, 6.07) is 22.5. The van der Waals surface area contributed by atoms with Gasteiger partial charge in [0.25, 0.3) is 5.91 Å². The zero-order valence-electron chi connectivity index (χ0n) is 16.3. The quantitative estimate of drug-likeness (QED) is 0.446. The summed E-state index contributed by atoms with van der Waals surface area (Å²) in [6.07, 6.45) is 0. The molecule has 0 saturated carbocycles. The van der Waals surface area contributed by atoms with Gasteiger partial charge in [-0.25, -0.2) is 4.79 Å². The molecule has 0 heterocycles. The van der Waals surface area contributed by atoms with Gasteiger partial charge in [0, 0.05) is 25.6 Å². The van der Waals surface area contributed by atoms with Crippen molar-refractivity contribution in [2.75, 3.05) is 19.0 Å². The van der Waals surface area contributed by atoms with Crippen LogP contribution in [0.5, 0.6) is 0 Å². The van der Waals surface area contributed by atoms with Gasteiger partial charge in [-0.15, -0.1) is 0 Å². The van der Waals surface area contributed by atoms with Crippen LogP contribution in [0.4, 0.5) is 5.69 Å². The predicted molar refractivity (Wildman–Crippen MR) is 123 cm³/mol. The van der Waals surface area contributed by atoms with Crippen LogP contribution in [0.1, 0.15) is 27.5 Å². The molecular weight excluding hydrogens is 512 g/mol. The summed E-state index contributed by atoms with van der Waals surface area (Å²) in [4.78, 5) is 24.6. The van der Waals surface area contributed by atoms with Crippen molar-refractivity contribution in [2.45, 2.75) is 6.04 Å². The molecule has 7 heteroatoms. The van der Waals surface area contributed by atoms with Gasteiger partial charge < -0.3 is 15.4 Å². The van der Waals surface area contributed by atoms with Crippen molar-refractivity contribution in [1.29, 1.82) is 0 Å². The van der Waals surface area contributed by atoms with Gasteiger partial charge >= 0.3 is 5.97 Å². The first kappa shape index (κ1) is 22.2. The molecule has 3 aromatic rings. The van der Waals surface area contributed by atoms with E-state index in [0.29, 0.717) is 11.3 Å². The van der Waals surface area contributed by atoms with E-state index in [-0.39, 0.29) is 24.5 Å². The minimum absolute atomic E-state index is 0.155. The topological polar surface area (TPSA) is 72.0 Å². The molecule has 30 heavy (non-hydrogen) atoms. The SMILES string of the molecule is COC(=O)C[NH2+]C(c1ccccc1)c1cc(Br)ccc1NC(=O)c1ccc(Br)cc1. The second-order valence-electron chi connectivity index (χ2n) is 6.60. The molecular formula is C23H21Br2N2O3+. The van der Waals surface area contributed by atoms with E-state index in [1.165, 1.54) is 7.11 Å². The van der Waals surface area contributed by atoms with Crippen LogP contribution in [-0.4, -0.2) is 25.5 Å². The van der Waals surface area contributed by atoms with E-state index in [1.807, 2.05) is 66.0 Å². The molecule has 0 aliphatic heterocycles. The third-order valence-corrected chi connectivity index (χ3v) is 5.63. The molecule has 0 saturated heterocycles. The molecule has 0 bridgehead atoms. The number of benzene rings is 3. The highest BCUT2D eigenvalue weighted by atomic mass is 79.9. The predicted octanol–water partition coefficient (Wildman–Crippen LogP) is 4.29. The fourth-order valence-corrected chi connectivity index (χ4v) is 3.74. The van der Waals surface area contributed by atoms with E-state index in [2.05, 4.69) is 37.2 Å². The number of carbonyl (C=O) groups is 2. The first-order valence-corrected chi connectivity index (χ1v) is 10.9. The largest absolute Gasteiger partial charge is 0.465 e. The zero-order chi connectivity index (χ0) is 21.5. The maximum Gasteiger partial charge on any atom is 0.361 e. The number of hydrogen-bond donors (Lipinski definition) is 2. The molecule has 3 N–H and O–H groups in total. The van der Waals surface area contributed by atoms with Crippen LogP contribution in [0.2, 0.25) is 0 Å². The van der Waals surface area contributed by atoms with Crippen molar-refractivity contribution in [2.24, 2.45) is 0 Å². The summed E-state index contributed by atoms with van der Waals surface area (Å²) in [5, 5.41) is 4.92. The Morgan fingerprint density at radius 2 is 1.63 bits per heavy atom. The lowest BCUT2D eigenvalue weighted by Crippen LogP contribution is -2.87. The minimum Gasteiger partial charge on any atom is -0.465 e. The number of anilines is 1. The van der Waals surface area contributed by atoms with Crippen LogP contribution in [0.25, 0.3) is 0 Å². The third-order valence-electron chi connectivity index (χ3n) is 4.61. The molecule has 3 aromatic carbocycles. The van der Waals surface area contributed by atoms with Crippen LogP contribution in [0.3, 0.4) is 0 Å². The van der Waals surface area contributed by atoms with Crippen molar-refractivity contribution >= 4 is 49.4 Å². The minimum atomic E-state index is -0.314. The fourth-order valence-electron chi connectivity index (χ4n) is 3.10. The monoisotopic (exact) mass is 531 g/mol. The number of methoxy groups -OCH3 is 1. The number of carbonyl (C=O) groups excluding carboxylic acids is 2. The lowest BCUT2D eigenvalue weighted by molar-refractivity contribution is -0.677. The molecule has 0 aliphatic carbocycles. The number of quaternary nitrogens is 1. The van der Waals surface area contributed by atoms with Crippen LogP contribution in [-0.2, 0) is 9.53 Å². The number of nitrogens with one attached hydrogen (secondary N) is 1. The smallest absolute Gasteiger partial charge is 0.361 e. The highest BCUT2D eigenvalue weighted by Gasteiger charge is 2.23. The Morgan fingerprint density at radius 1 is 0.967 bits per heavy atom. The Balaban J connectivity index is 1.96. The molecule has 1 amide bonds. The normalized spacial score (nSPS) is 11.6. The first-order chi connectivity index (χ1) is 14.5. The summed E-state index contributed by atoms with van der Waals surface area (Å²) in [5.74, 6) is -0.516. The molecule has 0 radical (unpaired) electrons. The number of hydrogen-bond acceptors (Lipinski definition) is 3. The Kier molecular flexibility index (Phi) is 7.79. The molecule has 154 valence electrons. The zero-order valence-corrected chi connectivity index (χ0v) is 19.4. The Hall–Kier alpha value is -2.48. The van der Waals surface area contributed by atoms with Crippen molar-refractivity contribution < 1.29 is 19.6 Å². The Morgan fingerprint density at radius 3 is 2.30 bits per heavy atom. The summed E-state index contributed by atoms with van der Waals surface area (Å²) in [5.41, 5.74) is 3.13. The van der Waals surface area contributed by atoms with Gasteiger partial charge in [0.05, 0.1) is 12.8 Å². The summed E-state index contributed by atoms with van der Waals surface area (Å²) >= 11 is 6.91. The van der Waals surface area contributed by atoms with Crippen molar-refractivity contribution in [3.63, 3.8) is 0 Å². The van der Waals surface area contributed by atoms with Gasteiger partial charge in [0.1, 0.15) is 6.04 Å². The van der Waals surface area contributed by atoms with E-state index in [1.54, 1.807) is 12.1 Å². The van der Waals surface area contributed by atoms with Crippen LogP contribution in [0.15, 0.2) is 81.7 Å². The maximum atomic E-state index is 12.8. The van der Waals surface area contributed by atoms with Gasteiger partial charge in [0.2, 0.25) is 0 Å². The molecule has 5 nitrogen and oxygen atoms in total. The van der Waals surface area contributed by atoms with Crippen molar-refractivity contribution in [3.05, 3.63) is 98.4 Å². The lowest BCUT2D eigenvalue weighted by atomic mass is 9.96. The number of ether oxygens (including phenoxy) is 1. The average Bonchev–Trinajstić information content (AvgIpc) is 2.76. The second-order valence-corrected chi connectivity index (χ2v) is 8.43. The number of rotatable bonds is 7. The lowest BCUT2D eigenvalue weighted by Gasteiger charge is -2.20. The molecule has 0 aliphatic rings. The van der Waals surface area contributed by atoms with Crippen LogP contribution >= 0.6 is 31.9 Å². The van der Waals surface area contributed by atoms with Gasteiger partial charge in [-0.05, 0) is 42.5 Å². The van der Waals surface area contributed by atoms with Crippen molar-refractivity contribution in [1.82, 2.24) is 0 Å². The fraction of sp³-hybridized carbons (Fsp3) is 0.130. The number of esters is 1. The second kappa shape index (κ2) is 10.5. The summed E-state index contributed by atoms with van der Waals surface area (Å²) < 4.78 is 6.59. The Labute approximate surface area is 192 Å². The van der Waals surface area contributed by atoms with Crippen LogP contribution < -0.4 is 10.6 Å². The van der Waals surface area contributed by atoms with Gasteiger partial charge in [-0.2, -0.15) is 0 Å². The standard InChI is InChI=1S/C23H20Br2N2O3/c1-30-21(28)14-26-22(15-5-3-2-4-6-15)19-13-18(25)11-12-20(19)27-23(29)16-7-9-17(24)10-8-16/h2-13,22,26H,14H2,1H3,(H,27,29)/p+1. The summed E-state index contributed by atoms with van der Waals surface area (Å²) in [6.45, 7) is 0.155. The molecule has 1 unspecified atom stereocenters. The summed E-state index contributed by atoms with van der Waals surface area (Å²) in [7, 11) is 1.37. The van der Waals surface area contributed by atoms with E-state index >= 15 is 0 Å². The van der Waals surface area contributed by atoms with Crippen molar-refractivity contribution in [3.8, 4) is 0 Å². The number of nitrogens with two attached hydrogens (primary N) is 1. The maximum absolute atomic E-state index is 12.8. The number of amides is 1. The average molecular weight is 533 g/mol. The Bertz CT molecular complexity index is 1020. The van der Waals surface area contributed by atoms with E-state index in [4.69, 9.17) is 4.74 Å². The van der Waals surface area contributed by atoms with E-state index < -0.39 is 0 Å². The first-order valence-electron chi connectivity index (χ1n) is 9.29. The van der Waals surface area contributed by atoms with Gasteiger partial charge in [0.15, 0.2) is 6.54 Å². The van der Waals surface area contributed by atoms with Gasteiger partial charge in [-0.3, -0.25) is 4.79 Å². The third kappa shape index (κ3) is 5.78. The van der Waals surface area contributed by atoms with E-state index in [9.17, 15) is 9.59 Å². The highest BCUT2D eigenvalue weighted by molar-refractivity contribution is 9.10. The molecule has 0 aromatic heterocycles. The molecule has 1 atom stereocenters. The van der Waals surface area contributed by atoms with E-state index in [0.717, 1.165) is 20.1 Å². The molecule has 3 rings (SSSR count). The molecule has 0 fully saturated rings. The molecule has 0 spiro atoms. The number of halogens is 2. The van der Waals surface area contributed by atoms with Gasteiger partial charge in [-0.1, -0.05) is 62.2 Å². The highest BCUT2D eigenvalue weighted by Crippen LogP contribution is 2.29. The van der Waals surface area contributed by atoms with Crippen LogP contribution in [0, 0.1) is 0 Å².